The van der Waals surface area contributed by atoms with Gasteiger partial charge in [0.15, 0.2) is 0 Å². The van der Waals surface area contributed by atoms with Crippen LogP contribution in [0.25, 0.3) is 0 Å². The van der Waals surface area contributed by atoms with E-state index in [1.54, 1.807) is 25.3 Å². The van der Waals surface area contributed by atoms with Gasteiger partial charge in [0.05, 0.1) is 12.5 Å². The molecule has 1 amide bonds. The molecule has 1 rings (SSSR count). The molecular weight excluding hydrogens is 196 g/mol. The van der Waals surface area contributed by atoms with Crippen molar-refractivity contribution < 1.29 is 15.0 Å². The maximum atomic E-state index is 10.6. The fourth-order valence-electron chi connectivity index (χ4n) is 1.33. The van der Waals surface area contributed by atoms with Gasteiger partial charge >= 0.3 is 0 Å². The van der Waals surface area contributed by atoms with Crippen LogP contribution in [0, 0.1) is 6.92 Å². The third kappa shape index (κ3) is 3.00. The van der Waals surface area contributed by atoms with Crippen LogP contribution in [-0.4, -0.2) is 27.2 Å². The molecule has 5 heteroatoms. The second kappa shape index (κ2) is 4.86. The highest BCUT2D eigenvalue weighted by Crippen LogP contribution is 2.20. The van der Waals surface area contributed by atoms with E-state index in [-0.39, 0.29) is 6.42 Å². The maximum Gasteiger partial charge on any atom is 0.220 e. The molecule has 0 spiro atoms. The zero-order valence-corrected chi connectivity index (χ0v) is 8.42. The fourth-order valence-corrected chi connectivity index (χ4v) is 1.33. The summed E-state index contributed by atoms with van der Waals surface area (Å²) in [6, 6.07) is 3.31. The van der Waals surface area contributed by atoms with Gasteiger partial charge in [0.25, 0.3) is 0 Å². The summed E-state index contributed by atoms with van der Waals surface area (Å²) >= 11 is 0. The lowest BCUT2D eigenvalue weighted by Crippen LogP contribution is -2.26. The molecule has 4 N–H and O–H groups in total. The normalized spacial score (nSPS) is 14.6. The number of pyridine rings is 1. The van der Waals surface area contributed by atoms with E-state index in [2.05, 4.69) is 4.98 Å². The minimum atomic E-state index is -1.19. The van der Waals surface area contributed by atoms with Crippen molar-refractivity contribution in [2.45, 2.75) is 25.6 Å². The van der Waals surface area contributed by atoms with Crippen molar-refractivity contribution in [2.75, 3.05) is 0 Å². The van der Waals surface area contributed by atoms with Crippen molar-refractivity contribution in [1.82, 2.24) is 4.98 Å². The van der Waals surface area contributed by atoms with E-state index in [4.69, 9.17) is 5.73 Å². The summed E-state index contributed by atoms with van der Waals surface area (Å²) < 4.78 is 0. The SMILES string of the molecule is Cc1ncccc1C(O)C(O)CC(N)=O. The number of aliphatic hydroxyl groups is 2. The number of amides is 1. The van der Waals surface area contributed by atoms with Gasteiger partial charge < -0.3 is 15.9 Å². The number of primary amides is 1. The molecule has 0 bridgehead atoms. The van der Waals surface area contributed by atoms with Crippen LogP contribution >= 0.6 is 0 Å². The van der Waals surface area contributed by atoms with Crippen molar-refractivity contribution in [2.24, 2.45) is 5.73 Å². The number of carbonyl (C=O) groups excluding carboxylic acids is 1. The van der Waals surface area contributed by atoms with Crippen LogP contribution in [0.3, 0.4) is 0 Å². The molecule has 0 radical (unpaired) electrons. The lowest BCUT2D eigenvalue weighted by molar-refractivity contribution is -0.121. The van der Waals surface area contributed by atoms with Gasteiger partial charge in [-0.25, -0.2) is 0 Å². The molecule has 82 valence electrons. The Balaban J connectivity index is 2.80. The maximum absolute atomic E-state index is 10.6. The summed E-state index contributed by atoms with van der Waals surface area (Å²) in [5.74, 6) is -0.650. The Hall–Kier alpha value is -1.46. The first-order valence-corrected chi connectivity index (χ1v) is 4.58. The van der Waals surface area contributed by atoms with Crippen molar-refractivity contribution in [3.8, 4) is 0 Å². The zero-order chi connectivity index (χ0) is 11.4. The number of aliphatic hydroxyl groups excluding tert-OH is 2. The van der Waals surface area contributed by atoms with E-state index in [0.717, 1.165) is 0 Å². The van der Waals surface area contributed by atoms with Crippen molar-refractivity contribution in [3.05, 3.63) is 29.6 Å². The summed E-state index contributed by atoms with van der Waals surface area (Å²) in [5, 5.41) is 19.2. The molecule has 0 aromatic carbocycles. The molecule has 15 heavy (non-hydrogen) atoms. The van der Waals surface area contributed by atoms with E-state index in [1.807, 2.05) is 0 Å². The molecule has 2 atom stereocenters. The highest BCUT2D eigenvalue weighted by molar-refractivity contribution is 5.74. The van der Waals surface area contributed by atoms with Gasteiger partial charge in [-0.2, -0.15) is 0 Å². The van der Waals surface area contributed by atoms with E-state index in [0.29, 0.717) is 11.3 Å². The molecule has 0 saturated carbocycles. The molecule has 5 nitrogen and oxygen atoms in total. The minimum Gasteiger partial charge on any atom is -0.390 e. The Kier molecular flexibility index (Phi) is 3.76. The topological polar surface area (TPSA) is 96.4 Å². The quantitative estimate of drug-likeness (QED) is 0.633. The monoisotopic (exact) mass is 210 g/mol. The zero-order valence-electron chi connectivity index (χ0n) is 8.42. The molecule has 0 aliphatic heterocycles. The van der Waals surface area contributed by atoms with Crippen molar-refractivity contribution in [3.63, 3.8) is 0 Å². The predicted molar refractivity (Wildman–Crippen MR) is 53.8 cm³/mol. The Bertz CT molecular complexity index is 354. The van der Waals surface area contributed by atoms with Crippen LogP contribution in [0.2, 0.25) is 0 Å². The number of nitrogens with zero attached hydrogens (tertiary/aromatic N) is 1. The molecule has 0 aliphatic rings. The summed E-state index contributed by atoms with van der Waals surface area (Å²) in [7, 11) is 0. The number of nitrogens with two attached hydrogens (primary N) is 1. The van der Waals surface area contributed by atoms with Gasteiger partial charge in [0, 0.05) is 17.5 Å². The van der Waals surface area contributed by atoms with E-state index < -0.39 is 18.1 Å². The molecular formula is C10H14N2O3. The van der Waals surface area contributed by atoms with Crippen LogP contribution in [0.1, 0.15) is 23.8 Å². The van der Waals surface area contributed by atoms with Crippen LogP contribution in [0.4, 0.5) is 0 Å². The van der Waals surface area contributed by atoms with Gasteiger partial charge in [-0.1, -0.05) is 6.07 Å². The summed E-state index contributed by atoms with van der Waals surface area (Å²) in [5.41, 5.74) is 6.05. The molecule has 1 heterocycles. The molecule has 2 unspecified atom stereocenters. The predicted octanol–water partition coefficient (Wildman–Crippen LogP) is -0.340. The van der Waals surface area contributed by atoms with Crippen LogP contribution in [-0.2, 0) is 4.79 Å². The van der Waals surface area contributed by atoms with Crippen molar-refractivity contribution >= 4 is 5.91 Å². The molecule has 1 aromatic heterocycles. The standard InChI is InChI=1S/C10H14N2O3/c1-6-7(3-2-4-12-6)10(15)8(13)5-9(11)14/h2-4,8,10,13,15H,5H2,1H3,(H2,11,14). The second-order valence-electron chi connectivity index (χ2n) is 3.36. The Morgan fingerprint density at radius 1 is 1.60 bits per heavy atom. The first kappa shape index (κ1) is 11.6. The Morgan fingerprint density at radius 3 is 2.80 bits per heavy atom. The summed E-state index contributed by atoms with van der Waals surface area (Å²) in [6.45, 7) is 1.72. The van der Waals surface area contributed by atoms with E-state index in [9.17, 15) is 15.0 Å². The van der Waals surface area contributed by atoms with E-state index >= 15 is 0 Å². The highest BCUT2D eigenvalue weighted by atomic mass is 16.3. The third-order valence-electron chi connectivity index (χ3n) is 2.14. The lowest BCUT2D eigenvalue weighted by Gasteiger charge is -2.17. The largest absolute Gasteiger partial charge is 0.390 e. The van der Waals surface area contributed by atoms with Gasteiger partial charge in [-0.05, 0) is 13.0 Å². The van der Waals surface area contributed by atoms with Gasteiger partial charge in [0.2, 0.25) is 5.91 Å². The summed E-state index contributed by atoms with van der Waals surface area (Å²) in [6.07, 6.45) is -1.00. The number of carbonyl (C=O) groups is 1. The molecule has 0 fully saturated rings. The van der Waals surface area contributed by atoms with E-state index in [1.165, 1.54) is 0 Å². The average Bonchev–Trinajstić information content (AvgIpc) is 2.16. The lowest BCUT2D eigenvalue weighted by atomic mass is 10.0. The average molecular weight is 210 g/mol. The molecule has 0 saturated heterocycles. The Labute approximate surface area is 87.6 Å². The fraction of sp³-hybridized carbons (Fsp3) is 0.400. The smallest absolute Gasteiger partial charge is 0.220 e. The minimum absolute atomic E-state index is 0.268. The van der Waals surface area contributed by atoms with Crippen LogP contribution in [0.15, 0.2) is 18.3 Å². The van der Waals surface area contributed by atoms with Gasteiger partial charge in [0.1, 0.15) is 6.10 Å². The van der Waals surface area contributed by atoms with Gasteiger partial charge in [-0.3, -0.25) is 9.78 Å². The number of hydrogen-bond donors (Lipinski definition) is 3. The number of aryl methyl sites for hydroxylation is 1. The second-order valence-corrected chi connectivity index (χ2v) is 3.36. The van der Waals surface area contributed by atoms with Crippen LogP contribution in [0.5, 0.6) is 0 Å². The highest BCUT2D eigenvalue weighted by Gasteiger charge is 2.21. The number of rotatable bonds is 4. The third-order valence-corrected chi connectivity index (χ3v) is 2.14. The number of aromatic nitrogens is 1. The van der Waals surface area contributed by atoms with Gasteiger partial charge in [-0.15, -0.1) is 0 Å². The molecule has 0 aliphatic carbocycles. The first-order chi connectivity index (χ1) is 7.02. The van der Waals surface area contributed by atoms with Crippen LogP contribution < -0.4 is 5.73 Å². The Morgan fingerprint density at radius 2 is 2.27 bits per heavy atom. The first-order valence-electron chi connectivity index (χ1n) is 4.58. The molecule has 1 aromatic rings. The number of hydrogen-bond acceptors (Lipinski definition) is 4. The summed E-state index contributed by atoms with van der Waals surface area (Å²) in [4.78, 5) is 14.5. The van der Waals surface area contributed by atoms with Crippen molar-refractivity contribution in [1.29, 1.82) is 0 Å².